The van der Waals surface area contributed by atoms with Crippen LogP contribution in [0, 0.1) is 11.8 Å². The molecule has 0 unspecified atom stereocenters. The van der Waals surface area contributed by atoms with Gasteiger partial charge in [-0.05, 0) is 6.42 Å². The Labute approximate surface area is 132 Å². The second-order valence-corrected chi connectivity index (χ2v) is 7.45. The lowest BCUT2D eigenvalue weighted by Gasteiger charge is -2.24. The maximum atomic E-state index is 12.4. The maximum absolute atomic E-state index is 12.4. The van der Waals surface area contributed by atoms with E-state index in [1.165, 1.54) is 4.90 Å². The molecule has 3 saturated heterocycles. The SMILES string of the molecule is O=C(O)CCCN1C(=O)[C@@H]2[C@H]3O[C@@H]([C@H](Br)[C@H]3Br)[C@H]2C1=O. The Balaban J connectivity index is 1.74. The molecule has 2 amide bonds. The van der Waals surface area contributed by atoms with Gasteiger partial charge in [0.05, 0.1) is 33.7 Å². The fraction of sp³-hybridized carbons (Fsp3) is 0.750. The van der Waals surface area contributed by atoms with Gasteiger partial charge in [-0.3, -0.25) is 19.3 Å². The molecule has 110 valence electrons. The molecule has 6 nitrogen and oxygen atoms in total. The van der Waals surface area contributed by atoms with E-state index in [1.807, 2.05) is 0 Å². The number of imide groups is 1. The van der Waals surface area contributed by atoms with Crippen LogP contribution in [0.4, 0.5) is 0 Å². The number of alkyl halides is 2. The van der Waals surface area contributed by atoms with Gasteiger partial charge in [-0.2, -0.15) is 0 Å². The normalized spacial score (nSPS) is 42.4. The molecule has 20 heavy (non-hydrogen) atoms. The van der Waals surface area contributed by atoms with Crippen molar-refractivity contribution in [2.24, 2.45) is 11.8 Å². The number of likely N-dealkylation sites (tertiary alicyclic amines) is 1. The van der Waals surface area contributed by atoms with Gasteiger partial charge in [-0.25, -0.2) is 0 Å². The third-order valence-electron chi connectivity index (χ3n) is 4.22. The van der Waals surface area contributed by atoms with Crippen molar-refractivity contribution in [2.75, 3.05) is 6.54 Å². The second-order valence-electron chi connectivity index (χ2n) is 5.33. The fourth-order valence-corrected chi connectivity index (χ4v) is 4.84. The van der Waals surface area contributed by atoms with Gasteiger partial charge in [0.15, 0.2) is 0 Å². The lowest BCUT2D eigenvalue weighted by Crippen LogP contribution is -2.42. The molecule has 1 N–H and O–H groups in total. The van der Waals surface area contributed by atoms with Crippen LogP contribution >= 0.6 is 31.9 Å². The molecular formula is C12H13Br2NO5. The van der Waals surface area contributed by atoms with Gasteiger partial charge in [-0.15, -0.1) is 0 Å². The lowest BCUT2D eigenvalue weighted by atomic mass is 9.81. The topological polar surface area (TPSA) is 83.9 Å². The summed E-state index contributed by atoms with van der Waals surface area (Å²) >= 11 is 7.01. The quantitative estimate of drug-likeness (QED) is 0.546. The number of rotatable bonds is 4. The van der Waals surface area contributed by atoms with Crippen molar-refractivity contribution in [3.05, 3.63) is 0 Å². The molecule has 8 heteroatoms. The Hall–Kier alpha value is -0.470. The van der Waals surface area contributed by atoms with Crippen molar-refractivity contribution in [1.29, 1.82) is 0 Å². The van der Waals surface area contributed by atoms with Crippen molar-refractivity contribution < 1.29 is 24.2 Å². The van der Waals surface area contributed by atoms with Gasteiger partial charge in [0.25, 0.3) is 0 Å². The highest BCUT2D eigenvalue weighted by atomic mass is 79.9. The van der Waals surface area contributed by atoms with Gasteiger partial charge < -0.3 is 9.84 Å². The van der Waals surface area contributed by atoms with E-state index >= 15 is 0 Å². The Bertz CT molecular complexity index is 452. The number of hydrogen-bond acceptors (Lipinski definition) is 4. The number of aliphatic carboxylic acids is 1. The lowest BCUT2D eigenvalue weighted by molar-refractivity contribution is -0.144. The number of halogens is 2. The van der Waals surface area contributed by atoms with E-state index in [0.29, 0.717) is 0 Å². The summed E-state index contributed by atoms with van der Waals surface area (Å²) in [6, 6.07) is 0. The summed E-state index contributed by atoms with van der Waals surface area (Å²) in [5.41, 5.74) is 0. The predicted octanol–water partition coefficient (Wildman–Crippen LogP) is 0.760. The smallest absolute Gasteiger partial charge is 0.303 e. The Morgan fingerprint density at radius 1 is 1.15 bits per heavy atom. The van der Waals surface area contributed by atoms with E-state index in [4.69, 9.17) is 9.84 Å². The number of fused-ring (bicyclic) bond motifs is 5. The molecule has 0 aromatic carbocycles. The number of carbonyl (C=O) groups is 3. The molecule has 0 radical (unpaired) electrons. The van der Waals surface area contributed by atoms with E-state index in [2.05, 4.69) is 31.9 Å². The predicted molar refractivity (Wildman–Crippen MR) is 74.7 cm³/mol. The maximum Gasteiger partial charge on any atom is 0.303 e. The van der Waals surface area contributed by atoms with Crippen molar-refractivity contribution in [3.63, 3.8) is 0 Å². The molecule has 0 aliphatic carbocycles. The van der Waals surface area contributed by atoms with Crippen LogP contribution in [-0.4, -0.2) is 56.2 Å². The summed E-state index contributed by atoms with van der Waals surface area (Å²) in [6.45, 7) is 0.177. The molecule has 2 bridgehead atoms. The van der Waals surface area contributed by atoms with Crippen molar-refractivity contribution in [1.82, 2.24) is 4.90 Å². The summed E-state index contributed by atoms with van der Waals surface area (Å²) in [4.78, 5) is 36.5. The highest BCUT2D eigenvalue weighted by molar-refractivity contribution is 9.12. The minimum Gasteiger partial charge on any atom is -0.481 e. The number of carboxylic acids is 1. The molecule has 3 rings (SSSR count). The van der Waals surface area contributed by atoms with Gasteiger partial charge in [0, 0.05) is 13.0 Å². The largest absolute Gasteiger partial charge is 0.481 e. The third kappa shape index (κ3) is 1.95. The number of amides is 2. The van der Waals surface area contributed by atoms with Crippen molar-refractivity contribution in [2.45, 2.75) is 34.7 Å². The molecule has 6 atom stereocenters. The second kappa shape index (κ2) is 5.06. The monoisotopic (exact) mass is 409 g/mol. The molecule has 0 spiro atoms. The summed E-state index contributed by atoms with van der Waals surface area (Å²) in [6.07, 6.45) is -0.318. The molecule has 3 aliphatic heterocycles. The van der Waals surface area contributed by atoms with Gasteiger partial charge in [0.1, 0.15) is 0 Å². The summed E-state index contributed by atoms with van der Waals surface area (Å²) in [5.74, 6) is -2.21. The highest BCUT2D eigenvalue weighted by Crippen LogP contribution is 2.52. The number of hydrogen-bond donors (Lipinski definition) is 1. The van der Waals surface area contributed by atoms with Crippen LogP contribution in [0.1, 0.15) is 12.8 Å². The standard InChI is InChI=1S/C12H13Br2NO5/c13-7-8(14)10-6-5(9(7)20-10)11(18)15(12(6)19)3-1-2-4(16)17/h5-10H,1-3H2,(H,16,17)/t5-,6-,7+,8+,9+,10+/m0/s1. The summed E-state index contributed by atoms with van der Waals surface area (Å²) in [5, 5.41) is 8.62. The zero-order chi connectivity index (χ0) is 14.6. The Morgan fingerprint density at radius 3 is 2.10 bits per heavy atom. The van der Waals surface area contributed by atoms with Crippen LogP contribution in [0.5, 0.6) is 0 Å². The number of carbonyl (C=O) groups excluding carboxylic acids is 2. The first-order valence-corrected chi connectivity index (χ1v) is 8.27. The van der Waals surface area contributed by atoms with Gasteiger partial charge >= 0.3 is 5.97 Å². The van der Waals surface area contributed by atoms with Gasteiger partial charge in [-0.1, -0.05) is 31.9 Å². The minimum atomic E-state index is -0.922. The first-order valence-electron chi connectivity index (χ1n) is 6.44. The van der Waals surface area contributed by atoms with Crippen LogP contribution in [0.15, 0.2) is 0 Å². The van der Waals surface area contributed by atoms with Crippen LogP contribution in [0.2, 0.25) is 0 Å². The first kappa shape index (κ1) is 14.5. The fourth-order valence-electron chi connectivity index (χ4n) is 3.33. The van der Waals surface area contributed by atoms with Crippen LogP contribution in [0.3, 0.4) is 0 Å². The number of nitrogens with zero attached hydrogens (tertiary/aromatic N) is 1. The molecule has 3 fully saturated rings. The molecule has 3 aliphatic rings. The average Bonchev–Trinajstić information content (AvgIpc) is 2.97. The van der Waals surface area contributed by atoms with Crippen molar-refractivity contribution >= 4 is 49.6 Å². The summed E-state index contributed by atoms with van der Waals surface area (Å²) < 4.78 is 5.74. The molecule has 0 saturated carbocycles. The van der Waals surface area contributed by atoms with Crippen LogP contribution in [-0.2, 0) is 19.1 Å². The van der Waals surface area contributed by atoms with E-state index in [9.17, 15) is 14.4 Å². The van der Waals surface area contributed by atoms with E-state index in [-0.39, 0.29) is 53.1 Å². The average molecular weight is 411 g/mol. The molecule has 3 heterocycles. The number of ether oxygens (including phenoxy) is 1. The zero-order valence-corrected chi connectivity index (χ0v) is 13.5. The van der Waals surface area contributed by atoms with Crippen LogP contribution < -0.4 is 0 Å². The minimum absolute atomic E-state index is 0.0180. The molecule has 0 aromatic heterocycles. The van der Waals surface area contributed by atoms with E-state index in [0.717, 1.165) is 0 Å². The van der Waals surface area contributed by atoms with E-state index < -0.39 is 17.8 Å². The summed E-state index contributed by atoms with van der Waals surface area (Å²) in [7, 11) is 0. The Morgan fingerprint density at radius 2 is 1.65 bits per heavy atom. The van der Waals surface area contributed by atoms with Gasteiger partial charge in [0.2, 0.25) is 11.8 Å². The van der Waals surface area contributed by atoms with E-state index in [1.54, 1.807) is 0 Å². The first-order chi connectivity index (χ1) is 9.43. The number of carboxylic acid groups (broad SMARTS) is 1. The van der Waals surface area contributed by atoms with Crippen LogP contribution in [0.25, 0.3) is 0 Å². The zero-order valence-electron chi connectivity index (χ0n) is 10.4. The third-order valence-corrected chi connectivity index (χ3v) is 7.11. The van der Waals surface area contributed by atoms with Crippen molar-refractivity contribution in [3.8, 4) is 0 Å². The highest BCUT2D eigenvalue weighted by Gasteiger charge is 2.67. The molecular weight excluding hydrogens is 398 g/mol. The molecule has 0 aromatic rings. The Kier molecular flexibility index (Phi) is 3.66.